The van der Waals surface area contributed by atoms with Crippen molar-refractivity contribution in [2.45, 2.75) is 65.1 Å². The van der Waals surface area contributed by atoms with Crippen molar-refractivity contribution in [3.8, 4) is 0 Å². The monoisotopic (exact) mass is 341 g/mol. The molecule has 1 aromatic carbocycles. The van der Waals surface area contributed by atoms with Gasteiger partial charge in [-0.2, -0.15) is 5.10 Å². The number of aromatic nitrogens is 2. The third-order valence-corrected chi connectivity index (χ3v) is 5.43. The van der Waals surface area contributed by atoms with Crippen LogP contribution in [0.5, 0.6) is 0 Å². The molecule has 25 heavy (non-hydrogen) atoms. The van der Waals surface area contributed by atoms with Crippen LogP contribution in [0.25, 0.3) is 10.9 Å². The molecule has 1 fully saturated rings. The highest BCUT2D eigenvalue weighted by Gasteiger charge is 2.36. The normalized spacial score (nSPS) is 16.6. The number of benzene rings is 1. The zero-order valence-corrected chi connectivity index (χ0v) is 15.3. The number of hydrogen-bond acceptors (Lipinski definition) is 3. The minimum Gasteiger partial charge on any atom is -0.337 e. The summed E-state index contributed by atoms with van der Waals surface area (Å²) in [6, 6.07) is 8.11. The van der Waals surface area contributed by atoms with E-state index < -0.39 is 0 Å². The Labute approximate surface area is 148 Å². The van der Waals surface area contributed by atoms with Gasteiger partial charge in [0.1, 0.15) is 0 Å². The number of nitrogens with zero attached hydrogens (tertiary/aromatic N) is 3. The Morgan fingerprint density at radius 1 is 1.32 bits per heavy atom. The molecule has 1 amide bonds. The van der Waals surface area contributed by atoms with Crippen molar-refractivity contribution in [1.29, 1.82) is 0 Å². The molecule has 0 N–H and O–H groups in total. The number of amides is 1. The summed E-state index contributed by atoms with van der Waals surface area (Å²) in [7, 11) is 0. The van der Waals surface area contributed by atoms with E-state index in [1.165, 1.54) is 6.20 Å². The maximum Gasteiger partial charge on any atom is 0.224 e. The molecule has 0 aliphatic heterocycles. The van der Waals surface area contributed by atoms with E-state index in [1.807, 2.05) is 18.2 Å². The Morgan fingerprint density at radius 2 is 2.04 bits per heavy atom. The lowest BCUT2D eigenvalue weighted by atomic mass is 9.98. The molecule has 0 spiro atoms. The second-order valence-electron chi connectivity index (χ2n) is 7.16. The van der Waals surface area contributed by atoms with Gasteiger partial charge in [0.25, 0.3) is 0 Å². The summed E-state index contributed by atoms with van der Waals surface area (Å²) in [6.07, 6.45) is 5.06. The highest BCUT2D eigenvalue weighted by Crippen LogP contribution is 2.32. The number of hydrogen-bond donors (Lipinski definition) is 0. The fourth-order valence-corrected chi connectivity index (χ4v) is 3.40. The van der Waals surface area contributed by atoms with E-state index in [0.29, 0.717) is 30.3 Å². The molecule has 1 aromatic heterocycles. The van der Waals surface area contributed by atoms with Crippen LogP contribution in [0.3, 0.4) is 0 Å². The Kier molecular flexibility index (Phi) is 5.21. The maximum atomic E-state index is 12.9. The van der Waals surface area contributed by atoms with E-state index in [4.69, 9.17) is 0 Å². The highest BCUT2D eigenvalue weighted by molar-refractivity contribution is 5.79. The predicted molar refractivity (Wildman–Crippen MR) is 99.4 cm³/mol. The summed E-state index contributed by atoms with van der Waals surface area (Å²) in [5.41, 5.74) is 0.707. The molecule has 5 nitrogen and oxygen atoms in total. The molecular formula is C20H27N3O2. The third-order valence-electron chi connectivity index (χ3n) is 5.43. The van der Waals surface area contributed by atoms with Crippen LogP contribution in [0.1, 0.15) is 46.5 Å². The first-order valence-electron chi connectivity index (χ1n) is 9.29. The van der Waals surface area contributed by atoms with E-state index >= 15 is 0 Å². The van der Waals surface area contributed by atoms with Crippen molar-refractivity contribution < 1.29 is 4.79 Å². The highest BCUT2D eigenvalue weighted by atomic mass is 16.2. The second-order valence-corrected chi connectivity index (χ2v) is 7.16. The molecule has 2 atom stereocenters. The van der Waals surface area contributed by atoms with Gasteiger partial charge in [0.15, 0.2) is 0 Å². The number of fused-ring (bicyclic) bond motifs is 1. The van der Waals surface area contributed by atoms with Gasteiger partial charge in [0.2, 0.25) is 11.3 Å². The molecule has 2 aromatic rings. The van der Waals surface area contributed by atoms with E-state index in [-0.39, 0.29) is 17.4 Å². The van der Waals surface area contributed by atoms with Crippen molar-refractivity contribution in [2.24, 2.45) is 5.92 Å². The molecule has 3 rings (SSSR count). The smallest absolute Gasteiger partial charge is 0.224 e. The minimum absolute atomic E-state index is 0.0804. The van der Waals surface area contributed by atoms with E-state index in [0.717, 1.165) is 24.8 Å². The van der Waals surface area contributed by atoms with Crippen LogP contribution in [0.4, 0.5) is 0 Å². The van der Waals surface area contributed by atoms with Gasteiger partial charge >= 0.3 is 0 Å². The van der Waals surface area contributed by atoms with Crippen LogP contribution in [-0.2, 0) is 11.3 Å². The third kappa shape index (κ3) is 3.75. The standard InChI is InChI=1S/C20H27N3O2/c1-4-14(2)15(3)23(16-9-10-16)20(25)11-12-22-18-8-6-5-7-17(18)19(24)13-21-22/h5-8,13-16H,4,9-12H2,1-3H3/t14-,15+/m1/s1. The molecule has 0 bridgehead atoms. The first-order chi connectivity index (χ1) is 12.0. The van der Waals surface area contributed by atoms with E-state index in [9.17, 15) is 9.59 Å². The van der Waals surface area contributed by atoms with Crippen molar-refractivity contribution in [3.05, 3.63) is 40.7 Å². The Hall–Kier alpha value is -2.17. The molecule has 0 radical (unpaired) electrons. The van der Waals surface area contributed by atoms with Crippen molar-refractivity contribution in [1.82, 2.24) is 14.7 Å². The molecule has 134 valence electrons. The van der Waals surface area contributed by atoms with Crippen LogP contribution < -0.4 is 5.43 Å². The summed E-state index contributed by atoms with van der Waals surface area (Å²) in [6.45, 7) is 7.05. The van der Waals surface area contributed by atoms with Crippen molar-refractivity contribution in [2.75, 3.05) is 0 Å². The van der Waals surface area contributed by atoms with Gasteiger partial charge in [0.05, 0.1) is 18.3 Å². The first kappa shape index (κ1) is 17.6. The van der Waals surface area contributed by atoms with Crippen molar-refractivity contribution in [3.63, 3.8) is 0 Å². The van der Waals surface area contributed by atoms with E-state index in [1.54, 1.807) is 10.7 Å². The van der Waals surface area contributed by atoms with Crippen LogP contribution in [-0.4, -0.2) is 32.7 Å². The zero-order chi connectivity index (χ0) is 18.0. The second kappa shape index (κ2) is 7.38. The van der Waals surface area contributed by atoms with Crippen LogP contribution in [0, 0.1) is 5.92 Å². The molecule has 1 heterocycles. The Bertz CT molecular complexity index is 810. The summed E-state index contributed by atoms with van der Waals surface area (Å²) in [5, 5.41) is 4.88. The minimum atomic E-state index is -0.0804. The van der Waals surface area contributed by atoms with Gasteiger partial charge in [-0.25, -0.2) is 0 Å². The molecule has 5 heteroatoms. The van der Waals surface area contributed by atoms with Gasteiger partial charge in [0, 0.05) is 23.9 Å². The molecule has 0 saturated heterocycles. The van der Waals surface area contributed by atoms with Crippen molar-refractivity contribution >= 4 is 16.8 Å². The summed E-state index contributed by atoms with van der Waals surface area (Å²) < 4.78 is 1.77. The van der Waals surface area contributed by atoms with Crippen LogP contribution in [0.2, 0.25) is 0 Å². The SMILES string of the molecule is CC[C@@H](C)[C@H](C)N(C(=O)CCn1ncc(=O)c2ccccc21)C1CC1. The van der Waals surface area contributed by atoms with Crippen LogP contribution in [0.15, 0.2) is 35.3 Å². The van der Waals surface area contributed by atoms with Gasteiger partial charge in [-0.15, -0.1) is 0 Å². The molecule has 0 unspecified atom stereocenters. The number of carbonyl (C=O) groups is 1. The first-order valence-corrected chi connectivity index (χ1v) is 9.29. The number of carbonyl (C=O) groups excluding carboxylic acids is 1. The lowest BCUT2D eigenvalue weighted by Gasteiger charge is -2.33. The molecular weight excluding hydrogens is 314 g/mol. The summed E-state index contributed by atoms with van der Waals surface area (Å²) >= 11 is 0. The van der Waals surface area contributed by atoms with E-state index in [2.05, 4.69) is 30.8 Å². The average molecular weight is 341 g/mol. The molecule has 1 aliphatic rings. The number of aryl methyl sites for hydroxylation is 1. The lowest BCUT2D eigenvalue weighted by molar-refractivity contribution is -0.135. The number of para-hydroxylation sites is 1. The fourth-order valence-electron chi connectivity index (χ4n) is 3.40. The predicted octanol–water partition coefficient (Wildman–Crippen LogP) is 3.21. The van der Waals surface area contributed by atoms with Gasteiger partial charge in [-0.1, -0.05) is 32.4 Å². The van der Waals surface area contributed by atoms with Crippen LogP contribution >= 0.6 is 0 Å². The Balaban J connectivity index is 1.75. The van der Waals surface area contributed by atoms with Gasteiger partial charge in [-0.3, -0.25) is 14.3 Å². The summed E-state index contributed by atoms with van der Waals surface area (Å²) in [5.74, 6) is 0.691. The summed E-state index contributed by atoms with van der Waals surface area (Å²) in [4.78, 5) is 26.9. The molecule has 1 saturated carbocycles. The molecule has 1 aliphatic carbocycles. The number of rotatable bonds is 7. The lowest BCUT2D eigenvalue weighted by Crippen LogP contribution is -2.44. The zero-order valence-electron chi connectivity index (χ0n) is 15.3. The quantitative estimate of drug-likeness (QED) is 0.777. The average Bonchev–Trinajstić information content (AvgIpc) is 3.45. The largest absolute Gasteiger partial charge is 0.337 e. The van der Waals surface area contributed by atoms with Gasteiger partial charge < -0.3 is 4.90 Å². The topological polar surface area (TPSA) is 55.2 Å². The Morgan fingerprint density at radius 3 is 2.72 bits per heavy atom. The fraction of sp³-hybridized carbons (Fsp3) is 0.550. The maximum absolute atomic E-state index is 12.9. The van der Waals surface area contributed by atoms with Gasteiger partial charge in [-0.05, 0) is 37.8 Å².